The molecule has 2 atom stereocenters. The number of esters is 1. The number of nitrogens with one attached hydrogen (secondary N) is 2. The van der Waals surface area contributed by atoms with Crippen LogP contribution in [0, 0.1) is 0 Å². The first-order valence-corrected chi connectivity index (χ1v) is 9.10. The highest BCUT2D eigenvalue weighted by Crippen LogP contribution is 2.08. The third-order valence-electron chi connectivity index (χ3n) is 4.22. The smallest absolute Gasteiger partial charge is 0.408 e. The predicted octanol–water partition coefficient (Wildman–Crippen LogP) is 1.59. The van der Waals surface area contributed by atoms with Crippen molar-refractivity contribution >= 4 is 24.2 Å². The van der Waals surface area contributed by atoms with Gasteiger partial charge in [0.15, 0.2) is 0 Å². The zero-order chi connectivity index (χ0) is 20.5. The molecule has 8 nitrogen and oxygen atoms in total. The summed E-state index contributed by atoms with van der Waals surface area (Å²) < 4.78 is 10.2. The lowest BCUT2D eigenvalue weighted by atomic mass is 9.99. The van der Waals surface area contributed by atoms with Gasteiger partial charge in [-0.1, -0.05) is 60.7 Å². The summed E-state index contributed by atoms with van der Waals surface area (Å²) in [6.07, 6.45) is 0.378. The second-order valence-electron chi connectivity index (χ2n) is 6.39. The van der Waals surface area contributed by atoms with Gasteiger partial charge in [-0.05, 0) is 11.1 Å². The van der Waals surface area contributed by atoms with Crippen LogP contribution in [0.4, 0.5) is 4.79 Å². The molecule has 1 aliphatic rings. The molecular weight excluding hydrogens is 374 g/mol. The van der Waals surface area contributed by atoms with Crippen molar-refractivity contribution in [3.63, 3.8) is 0 Å². The quantitative estimate of drug-likeness (QED) is 0.401. The molecule has 0 saturated carbocycles. The summed E-state index contributed by atoms with van der Waals surface area (Å²) in [5.74, 6) is -0.903. The van der Waals surface area contributed by atoms with Crippen LogP contribution in [0.1, 0.15) is 11.1 Å². The third-order valence-corrected chi connectivity index (χ3v) is 4.22. The van der Waals surface area contributed by atoms with E-state index < -0.39 is 24.1 Å². The maximum atomic E-state index is 11.9. The number of amides is 2. The SMILES string of the molecule is O=C(C=NCC1NC(=O)C1NC(=O)OCc1ccccc1)OCc1ccccc1. The first-order valence-electron chi connectivity index (χ1n) is 9.10. The van der Waals surface area contributed by atoms with E-state index in [1.165, 1.54) is 0 Å². The van der Waals surface area contributed by atoms with Crippen LogP contribution in [0.15, 0.2) is 65.7 Å². The molecule has 2 aromatic carbocycles. The molecule has 1 heterocycles. The summed E-state index contributed by atoms with van der Waals surface area (Å²) in [7, 11) is 0. The van der Waals surface area contributed by atoms with Gasteiger partial charge in [-0.15, -0.1) is 0 Å². The summed E-state index contributed by atoms with van der Waals surface area (Å²) in [5.41, 5.74) is 1.72. The Hall–Kier alpha value is -3.68. The fourth-order valence-corrected chi connectivity index (χ4v) is 2.66. The van der Waals surface area contributed by atoms with Crippen LogP contribution < -0.4 is 10.6 Å². The lowest BCUT2D eigenvalue weighted by Gasteiger charge is -2.35. The molecule has 2 amide bonds. The maximum absolute atomic E-state index is 11.9. The number of rotatable bonds is 8. The number of aliphatic imine (C=N–C) groups is 1. The van der Waals surface area contributed by atoms with Crippen molar-refractivity contribution in [2.75, 3.05) is 6.54 Å². The lowest BCUT2D eigenvalue weighted by Crippen LogP contribution is -2.70. The number of ether oxygens (including phenoxy) is 2. The monoisotopic (exact) mass is 395 g/mol. The fraction of sp³-hybridized carbons (Fsp3) is 0.238. The minimum atomic E-state index is -0.754. The van der Waals surface area contributed by atoms with E-state index in [4.69, 9.17) is 9.47 Å². The summed E-state index contributed by atoms with van der Waals surface area (Å²) in [5, 5.41) is 5.14. The molecule has 1 saturated heterocycles. The van der Waals surface area contributed by atoms with Gasteiger partial charge in [0.05, 0.1) is 12.6 Å². The molecule has 29 heavy (non-hydrogen) atoms. The predicted molar refractivity (Wildman–Crippen MR) is 105 cm³/mol. The molecule has 2 aromatic rings. The molecule has 1 fully saturated rings. The van der Waals surface area contributed by atoms with Crippen LogP contribution in [-0.4, -0.2) is 42.8 Å². The molecule has 0 aliphatic carbocycles. The van der Waals surface area contributed by atoms with Gasteiger partial charge >= 0.3 is 12.1 Å². The molecule has 0 bridgehead atoms. The topological polar surface area (TPSA) is 106 Å². The summed E-state index contributed by atoms with van der Waals surface area (Å²) in [6, 6.07) is 17.3. The van der Waals surface area contributed by atoms with E-state index in [0.717, 1.165) is 17.3 Å². The van der Waals surface area contributed by atoms with Crippen LogP contribution in [0.25, 0.3) is 0 Å². The van der Waals surface area contributed by atoms with E-state index in [0.29, 0.717) is 0 Å². The Morgan fingerprint density at radius 3 is 2.14 bits per heavy atom. The Bertz CT molecular complexity index is 870. The van der Waals surface area contributed by atoms with Crippen LogP contribution in [0.3, 0.4) is 0 Å². The highest BCUT2D eigenvalue weighted by Gasteiger charge is 2.40. The van der Waals surface area contributed by atoms with E-state index in [-0.39, 0.29) is 25.7 Å². The second kappa shape index (κ2) is 10.0. The van der Waals surface area contributed by atoms with Gasteiger partial charge in [0.25, 0.3) is 0 Å². The standard InChI is InChI=1S/C21H21N3O5/c25-18(28-13-15-7-3-1-4-8-15)12-22-11-17-19(20(26)23-17)24-21(27)29-14-16-9-5-2-6-10-16/h1-10,12,17,19H,11,13-14H2,(H,23,26)(H,24,27). The summed E-state index contributed by atoms with van der Waals surface area (Å²) in [4.78, 5) is 39.3. The number of benzene rings is 2. The number of carbonyl (C=O) groups excluding carboxylic acids is 3. The zero-order valence-electron chi connectivity index (χ0n) is 15.6. The van der Waals surface area contributed by atoms with Gasteiger partial charge in [-0.2, -0.15) is 0 Å². The van der Waals surface area contributed by atoms with Gasteiger partial charge in [0.1, 0.15) is 25.5 Å². The molecule has 2 unspecified atom stereocenters. The number of hydrogen-bond acceptors (Lipinski definition) is 6. The summed E-state index contributed by atoms with van der Waals surface area (Å²) in [6.45, 7) is 0.399. The van der Waals surface area contributed by atoms with Crippen molar-refractivity contribution in [1.29, 1.82) is 0 Å². The molecule has 150 valence electrons. The lowest BCUT2D eigenvalue weighted by molar-refractivity contribution is -0.136. The van der Waals surface area contributed by atoms with Gasteiger partial charge in [-0.3, -0.25) is 9.79 Å². The highest BCUT2D eigenvalue weighted by atomic mass is 16.5. The number of β-lactam (4-membered cyclic amide) rings is 1. The van der Waals surface area contributed by atoms with E-state index in [1.54, 1.807) is 0 Å². The largest absolute Gasteiger partial charge is 0.457 e. The fourth-order valence-electron chi connectivity index (χ4n) is 2.66. The van der Waals surface area contributed by atoms with Gasteiger partial charge in [-0.25, -0.2) is 9.59 Å². The van der Waals surface area contributed by atoms with E-state index in [1.807, 2.05) is 60.7 Å². The van der Waals surface area contributed by atoms with E-state index in [9.17, 15) is 14.4 Å². The van der Waals surface area contributed by atoms with E-state index >= 15 is 0 Å². The Kier molecular flexibility index (Phi) is 6.94. The van der Waals surface area contributed by atoms with Gasteiger partial charge in [0, 0.05) is 0 Å². The van der Waals surface area contributed by atoms with Gasteiger partial charge < -0.3 is 20.1 Å². The number of nitrogens with zero attached hydrogens (tertiary/aromatic N) is 1. The number of hydrogen-bond donors (Lipinski definition) is 2. The molecule has 0 aromatic heterocycles. The molecule has 3 rings (SSSR count). The van der Waals surface area contributed by atoms with Crippen LogP contribution in [0.2, 0.25) is 0 Å². The van der Waals surface area contributed by atoms with Crippen molar-refractivity contribution in [2.24, 2.45) is 4.99 Å². The van der Waals surface area contributed by atoms with Crippen LogP contribution in [-0.2, 0) is 32.3 Å². The Balaban J connectivity index is 1.38. The average molecular weight is 395 g/mol. The molecule has 0 spiro atoms. The minimum absolute atomic E-state index is 0.108. The van der Waals surface area contributed by atoms with Crippen LogP contribution in [0.5, 0.6) is 0 Å². The Morgan fingerprint density at radius 1 is 0.966 bits per heavy atom. The molecule has 2 N–H and O–H groups in total. The molecular formula is C21H21N3O5. The van der Waals surface area contributed by atoms with Crippen molar-refractivity contribution in [1.82, 2.24) is 10.6 Å². The molecule has 0 radical (unpaired) electrons. The van der Waals surface area contributed by atoms with Crippen molar-refractivity contribution in [3.05, 3.63) is 71.8 Å². The first kappa shape index (κ1) is 20.1. The van der Waals surface area contributed by atoms with Gasteiger partial charge in [0.2, 0.25) is 5.91 Å². The average Bonchev–Trinajstić information content (AvgIpc) is 2.75. The zero-order valence-corrected chi connectivity index (χ0v) is 15.6. The Morgan fingerprint density at radius 2 is 1.55 bits per heavy atom. The number of carbonyl (C=O) groups is 3. The van der Waals surface area contributed by atoms with Crippen molar-refractivity contribution < 1.29 is 23.9 Å². The van der Waals surface area contributed by atoms with Crippen LogP contribution >= 0.6 is 0 Å². The third kappa shape index (κ3) is 6.17. The first-order chi connectivity index (χ1) is 14.1. The Labute approximate surface area is 167 Å². The second-order valence-corrected chi connectivity index (χ2v) is 6.39. The molecule has 8 heteroatoms. The normalized spacial score (nSPS) is 17.9. The van der Waals surface area contributed by atoms with E-state index in [2.05, 4.69) is 15.6 Å². The van der Waals surface area contributed by atoms with Crippen molar-refractivity contribution in [2.45, 2.75) is 25.3 Å². The maximum Gasteiger partial charge on any atom is 0.408 e. The highest BCUT2D eigenvalue weighted by molar-refractivity contribution is 6.23. The minimum Gasteiger partial charge on any atom is -0.457 e. The summed E-state index contributed by atoms with van der Waals surface area (Å²) >= 11 is 0. The molecule has 1 aliphatic heterocycles. The van der Waals surface area contributed by atoms with Crippen molar-refractivity contribution in [3.8, 4) is 0 Å². The number of alkyl carbamates (subject to hydrolysis) is 1.